The number of carbonyl (C=O) groups is 1. The van der Waals surface area contributed by atoms with Crippen LogP contribution in [0, 0.1) is 0 Å². The van der Waals surface area contributed by atoms with Crippen LogP contribution < -0.4 is 10.1 Å². The van der Waals surface area contributed by atoms with E-state index in [-0.39, 0.29) is 6.04 Å². The molecule has 0 radical (unpaired) electrons. The van der Waals surface area contributed by atoms with Crippen molar-refractivity contribution in [3.63, 3.8) is 0 Å². The molecule has 1 aliphatic heterocycles. The molecule has 3 aromatic rings. The number of nitrogens with one attached hydrogen (secondary N) is 1. The second-order valence-corrected chi connectivity index (χ2v) is 5.97. The molecule has 4 nitrogen and oxygen atoms in total. The largest absolute Gasteiger partial charge is 0.491 e. The van der Waals surface area contributed by atoms with E-state index in [0.717, 1.165) is 33.5 Å². The van der Waals surface area contributed by atoms with Gasteiger partial charge in [0.2, 0.25) is 0 Å². The van der Waals surface area contributed by atoms with Crippen LogP contribution in [0.2, 0.25) is 0 Å². The summed E-state index contributed by atoms with van der Waals surface area (Å²) < 4.78 is 6.68. The zero-order valence-electron chi connectivity index (χ0n) is 11.1. The van der Waals surface area contributed by atoms with Crippen LogP contribution in [0.25, 0.3) is 10.1 Å². The molecule has 1 aliphatic rings. The Morgan fingerprint density at radius 1 is 1.33 bits per heavy atom. The summed E-state index contributed by atoms with van der Waals surface area (Å²) in [6, 6.07) is 11.9. The maximum absolute atomic E-state index is 10.9. The molecule has 4 rings (SSSR count). The van der Waals surface area contributed by atoms with Crippen molar-refractivity contribution in [3.05, 3.63) is 53.0 Å². The van der Waals surface area contributed by atoms with E-state index in [0.29, 0.717) is 11.5 Å². The minimum absolute atomic E-state index is 0.0843. The number of fused-ring (bicyclic) bond motifs is 2. The van der Waals surface area contributed by atoms with Gasteiger partial charge in [0, 0.05) is 11.8 Å². The van der Waals surface area contributed by atoms with Gasteiger partial charge in [-0.15, -0.1) is 11.3 Å². The van der Waals surface area contributed by atoms with Crippen molar-refractivity contribution in [2.75, 3.05) is 11.9 Å². The molecule has 1 unspecified atom stereocenters. The summed E-state index contributed by atoms with van der Waals surface area (Å²) in [6.07, 6.45) is 2.64. The Hall–Kier alpha value is -2.40. The topological polar surface area (TPSA) is 51.2 Å². The minimum atomic E-state index is 0.0843. The van der Waals surface area contributed by atoms with E-state index in [2.05, 4.69) is 16.4 Å². The highest BCUT2D eigenvalue weighted by atomic mass is 32.1. The van der Waals surface area contributed by atoms with Gasteiger partial charge >= 0.3 is 0 Å². The smallest absolute Gasteiger partial charge is 0.160 e. The van der Waals surface area contributed by atoms with Crippen LogP contribution in [0.15, 0.2) is 42.6 Å². The Morgan fingerprint density at radius 3 is 3.14 bits per heavy atom. The van der Waals surface area contributed by atoms with Gasteiger partial charge in [0.05, 0.1) is 15.6 Å². The number of hydrogen-bond donors (Lipinski definition) is 1. The number of aldehydes is 1. The highest BCUT2D eigenvalue weighted by molar-refractivity contribution is 7.21. The van der Waals surface area contributed by atoms with Crippen LogP contribution in [0.1, 0.15) is 21.3 Å². The summed E-state index contributed by atoms with van der Waals surface area (Å²) in [6.45, 7) is 0.587. The van der Waals surface area contributed by atoms with E-state index in [1.165, 1.54) is 11.3 Å². The van der Waals surface area contributed by atoms with E-state index < -0.39 is 0 Å². The predicted octanol–water partition coefficient (Wildman–Crippen LogP) is 3.65. The van der Waals surface area contributed by atoms with Gasteiger partial charge in [0.25, 0.3) is 0 Å². The molecule has 2 aromatic heterocycles. The monoisotopic (exact) mass is 296 g/mol. The number of rotatable bonds is 3. The molecule has 1 N–H and O–H groups in total. The van der Waals surface area contributed by atoms with Gasteiger partial charge in [0.15, 0.2) is 6.29 Å². The Bertz CT molecular complexity index is 828. The van der Waals surface area contributed by atoms with Crippen LogP contribution in [-0.2, 0) is 0 Å². The van der Waals surface area contributed by atoms with E-state index >= 15 is 0 Å². The summed E-state index contributed by atoms with van der Waals surface area (Å²) in [7, 11) is 0. The van der Waals surface area contributed by atoms with Crippen molar-refractivity contribution in [2.45, 2.75) is 6.04 Å². The van der Waals surface area contributed by atoms with E-state index in [1.807, 2.05) is 30.3 Å². The third-order valence-electron chi connectivity index (χ3n) is 3.58. The summed E-state index contributed by atoms with van der Waals surface area (Å²) in [4.78, 5) is 16.1. The lowest BCUT2D eigenvalue weighted by molar-refractivity contribution is 0.112. The molecule has 1 aromatic carbocycles. The van der Waals surface area contributed by atoms with Crippen LogP contribution in [0.4, 0.5) is 5.82 Å². The van der Waals surface area contributed by atoms with Gasteiger partial charge in [-0.1, -0.05) is 18.2 Å². The molecule has 0 bridgehead atoms. The molecule has 1 atom stereocenters. The fourth-order valence-electron chi connectivity index (χ4n) is 2.59. The molecule has 0 saturated carbocycles. The lowest BCUT2D eigenvalue weighted by Gasteiger charge is -2.12. The third-order valence-corrected chi connectivity index (χ3v) is 4.66. The Morgan fingerprint density at radius 2 is 2.24 bits per heavy atom. The van der Waals surface area contributed by atoms with Gasteiger partial charge < -0.3 is 10.1 Å². The minimum Gasteiger partial charge on any atom is -0.491 e. The molecule has 104 valence electrons. The van der Waals surface area contributed by atoms with E-state index in [4.69, 9.17) is 4.74 Å². The summed E-state index contributed by atoms with van der Waals surface area (Å²) in [5.74, 6) is 1.72. The fraction of sp³-hybridized carbons (Fsp3) is 0.125. The Kier molecular flexibility index (Phi) is 2.86. The first-order valence-corrected chi connectivity index (χ1v) is 7.49. The highest BCUT2D eigenvalue weighted by Crippen LogP contribution is 2.36. The Labute approximate surface area is 125 Å². The summed E-state index contributed by atoms with van der Waals surface area (Å²) in [5, 5.41) is 4.47. The molecule has 3 heterocycles. The van der Waals surface area contributed by atoms with E-state index in [1.54, 1.807) is 6.20 Å². The number of benzene rings is 1. The van der Waals surface area contributed by atoms with Gasteiger partial charge in [-0.2, -0.15) is 0 Å². The van der Waals surface area contributed by atoms with Gasteiger partial charge in [0.1, 0.15) is 18.2 Å². The quantitative estimate of drug-likeness (QED) is 0.749. The number of carbonyl (C=O) groups excluding carboxylic acids is 1. The second-order valence-electron chi connectivity index (χ2n) is 4.89. The maximum Gasteiger partial charge on any atom is 0.160 e. The van der Waals surface area contributed by atoms with Gasteiger partial charge in [-0.05, 0) is 23.6 Å². The molecule has 5 heteroatoms. The van der Waals surface area contributed by atoms with Gasteiger partial charge in [-0.25, -0.2) is 4.98 Å². The number of ether oxygens (including phenoxy) is 1. The first kappa shape index (κ1) is 12.3. The number of pyridine rings is 1. The first-order valence-electron chi connectivity index (χ1n) is 6.67. The van der Waals surface area contributed by atoms with E-state index in [9.17, 15) is 4.79 Å². The first-order chi connectivity index (χ1) is 10.3. The molecule has 0 spiro atoms. The van der Waals surface area contributed by atoms with Crippen molar-refractivity contribution in [3.8, 4) is 5.75 Å². The SMILES string of the molecule is O=Cc1cc2ccnc(NC3COc4ccccc43)c2s1. The molecule has 0 fully saturated rings. The molecule has 0 amide bonds. The van der Waals surface area contributed by atoms with Crippen molar-refractivity contribution < 1.29 is 9.53 Å². The molecule has 0 saturated heterocycles. The van der Waals surface area contributed by atoms with Crippen LogP contribution in [0.3, 0.4) is 0 Å². The summed E-state index contributed by atoms with van der Waals surface area (Å²) in [5.41, 5.74) is 1.14. The number of aromatic nitrogens is 1. The molecule has 21 heavy (non-hydrogen) atoms. The average molecular weight is 296 g/mol. The number of anilines is 1. The lowest BCUT2D eigenvalue weighted by Crippen LogP contribution is -2.12. The van der Waals surface area contributed by atoms with Crippen molar-refractivity contribution in [1.29, 1.82) is 0 Å². The van der Waals surface area contributed by atoms with Gasteiger partial charge in [-0.3, -0.25) is 4.79 Å². The van der Waals surface area contributed by atoms with Crippen molar-refractivity contribution in [1.82, 2.24) is 4.98 Å². The van der Waals surface area contributed by atoms with Crippen molar-refractivity contribution in [2.24, 2.45) is 0 Å². The average Bonchev–Trinajstić information content (AvgIpc) is 3.12. The number of para-hydroxylation sites is 1. The number of thiophene rings is 1. The van der Waals surface area contributed by atoms with Crippen molar-refractivity contribution >= 4 is 33.5 Å². The number of hydrogen-bond acceptors (Lipinski definition) is 5. The highest BCUT2D eigenvalue weighted by Gasteiger charge is 2.24. The molecular formula is C16H12N2O2S. The zero-order chi connectivity index (χ0) is 14.2. The lowest BCUT2D eigenvalue weighted by atomic mass is 10.1. The fourth-order valence-corrected chi connectivity index (χ4v) is 3.52. The normalized spacial score (nSPS) is 16.5. The summed E-state index contributed by atoms with van der Waals surface area (Å²) >= 11 is 1.45. The zero-order valence-corrected chi connectivity index (χ0v) is 11.9. The van der Waals surface area contributed by atoms with Crippen LogP contribution in [0.5, 0.6) is 5.75 Å². The van der Waals surface area contributed by atoms with Crippen LogP contribution in [-0.4, -0.2) is 17.9 Å². The predicted molar refractivity (Wildman–Crippen MR) is 83.3 cm³/mol. The molecule has 0 aliphatic carbocycles. The second kappa shape index (κ2) is 4.86. The Balaban J connectivity index is 1.72. The number of nitrogens with zero attached hydrogens (tertiary/aromatic N) is 1. The molecular weight excluding hydrogens is 284 g/mol. The third kappa shape index (κ3) is 2.06. The van der Waals surface area contributed by atoms with Crippen LogP contribution >= 0.6 is 11.3 Å². The maximum atomic E-state index is 10.9. The standard InChI is InChI=1S/C16H12N2O2S/c19-8-11-7-10-5-6-17-16(15(10)21-11)18-13-9-20-14-4-2-1-3-12(13)14/h1-8,13H,9H2,(H,17,18).